The Morgan fingerprint density at radius 3 is 2.39 bits per heavy atom. The molecule has 6 nitrogen and oxygen atoms in total. The lowest BCUT2D eigenvalue weighted by Crippen LogP contribution is -2.21. The Morgan fingerprint density at radius 2 is 1.68 bits per heavy atom. The summed E-state index contributed by atoms with van der Waals surface area (Å²) in [6, 6.07) is 20.4. The Kier molecular flexibility index (Phi) is 6.59. The number of hydrogen-bond acceptors (Lipinski definition) is 5. The van der Waals surface area contributed by atoms with Crippen molar-refractivity contribution in [1.29, 1.82) is 0 Å². The molecule has 0 aliphatic heterocycles. The summed E-state index contributed by atoms with van der Waals surface area (Å²) in [7, 11) is 4.03. The van der Waals surface area contributed by atoms with E-state index in [0.29, 0.717) is 17.1 Å². The number of carbonyl (C=O) groups is 1. The van der Waals surface area contributed by atoms with Crippen LogP contribution >= 0.6 is 0 Å². The molecule has 1 amide bonds. The molecule has 0 atom stereocenters. The number of benzene rings is 2. The van der Waals surface area contributed by atoms with Crippen molar-refractivity contribution in [2.75, 3.05) is 37.8 Å². The van der Waals surface area contributed by atoms with Crippen LogP contribution in [-0.2, 0) is 0 Å². The molecule has 144 valence electrons. The highest BCUT2D eigenvalue weighted by Gasteiger charge is 2.09. The largest absolute Gasteiger partial charge is 0.457 e. The van der Waals surface area contributed by atoms with Crippen molar-refractivity contribution < 1.29 is 9.53 Å². The molecule has 0 fully saturated rings. The molecule has 1 heterocycles. The van der Waals surface area contributed by atoms with Crippen LogP contribution in [0.4, 0.5) is 11.4 Å². The van der Waals surface area contributed by atoms with Crippen LogP contribution in [0.5, 0.6) is 11.5 Å². The summed E-state index contributed by atoms with van der Waals surface area (Å²) in [5.41, 5.74) is 1.91. The Bertz CT molecular complexity index is 896. The molecule has 0 saturated heterocycles. The molecule has 3 rings (SSSR count). The topological polar surface area (TPSA) is 66.5 Å². The number of rotatable bonds is 8. The van der Waals surface area contributed by atoms with Crippen LogP contribution in [0.2, 0.25) is 0 Å². The summed E-state index contributed by atoms with van der Waals surface area (Å²) in [5.74, 6) is 1.21. The fourth-order valence-electron chi connectivity index (χ4n) is 2.51. The van der Waals surface area contributed by atoms with Crippen LogP contribution in [0.3, 0.4) is 0 Å². The maximum Gasteiger partial charge on any atom is 0.274 e. The number of ether oxygens (including phenoxy) is 1. The number of nitrogens with one attached hydrogen (secondary N) is 2. The third-order valence-electron chi connectivity index (χ3n) is 3.97. The maximum absolute atomic E-state index is 12.5. The minimum Gasteiger partial charge on any atom is -0.457 e. The van der Waals surface area contributed by atoms with Gasteiger partial charge in [-0.15, -0.1) is 0 Å². The Labute approximate surface area is 165 Å². The van der Waals surface area contributed by atoms with Gasteiger partial charge in [0.25, 0.3) is 5.91 Å². The molecule has 0 radical (unpaired) electrons. The minimum atomic E-state index is -0.256. The zero-order valence-corrected chi connectivity index (χ0v) is 16.1. The van der Waals surface area contributed by atoms with Gasteiger partial charge >= 0.3 is 0 Å². The van der Waals surface area contributed by atoms with Gasteiger partial charge in [-0.1, -0.05) is 18.2 Å². The lowest BCUT2D eigenvalue weighted by molar-refractivity contribution is 0.102. The van der Waals surface area contributed by atoms with Crippen molar-refractivity contribution in [1.82, 2.24) is 9.88 Å². The highest BCUT2D eigenvalue weighted by atomic mass is 16.5. The first-order valence-corrected chi connectivity index (χ1v) is 9.09. The van der Waals surface area contributed by atoms with E-state index in [-0.39, 0.29) is 5.91 Å². The zero-order valence-electron chi connectivity index (χ0n) is 16.1. The summed E-state index contributed by atoms with van der Waals surface area (Å²) in [5, 5.41) is 6.15. The van der Waals surface area contributed by atoms with E-state index in [2.05, 4.69) is 20.5 Å². The van der Waals surface area contributed by atoms with Crippen LogP contribution in [0, 0.1) is 0 Å². The van der Waals surface area contributed by atoms with E-state index in [1.165, 1.54) is 0 Å². The van der Waals surface area contributed by atoms with Gasteiger partial charge in [0.2, 0.25) is 0 Å². The van der Waals surface area contributed by atoms with Gasteiger partial charge in [-0.3, -0.25) is 9.78 Å². The summed E-state index contributed by atoms with van der Waals surface area (Å²) in [6.45, 7) is 1.70. The number of pyridine rings is 1. The number of aromatic nitrogens is 1. The van der Waals surface area contributed by atoms with Gasteiger partial charge in [-0.2, -0.15) is 0 Å². The zero-order chi connectivity index (χ0) is 19.8. The van der Waals surface area contributed by atoms with Crippen molar-refractivity contribution in [3.8, 4) is 11.5 Å². The van der Waals surface area contributed by atoms with Crippen LogP contribution < -0.4 is 15.4 Å². The van der Waals surface area contributed by atoms with E-state index in [1.54, 1.807) is 24.4 Å². The fourth-order valence-corrected chi connectivity index (χ4v) is 2.51. The van der Waals surface area contributed by atoms with Crippen molar-refractivity contribution >= 4 is 17.3 Å². The van der Waals surface area contributed by atoms with Crippen LogP contribution in [0.1, 0.15) is 10.5 Å². The second kappa shape index (κ2) is 9.53. The minimum absolute atomic E-state index is 0.256. The molecular weight excluding hydrogens is 352 g/mol. The lowest BCUT2D eigenvalue weighted by atomic mass is 10.2. The number of nitrogens with zero attached hydrogens (tertiary/aromatic N) is 2. The van der Waals surface area contributed by atoms with E-state index in [0.717, 1.165) is 24.5 Å². The van der Waals surface area contributed by atoms with E-state index in [9.17, 15) is 4.79 Å². The van der Waals surface area contributed by atoms with Crippen molar-refractivity contribution in [2.45, 2.75) is 0 Å². The van der Waals surface area contributed by atoms with Crippen molar-refractivity contribution in [2.24, 2.45) is 0 Å². The third kappa shape index (κ3) is 5.82. The molecule has 6 heteroatoms. The third-order valence-corrected chi connectivity index (χ3v) is 3.97. The van der Waals surface area contributed by atoms with E-state index in [4.69, 9.17) is 4.74 Å². The quantitative estimate of drug-likeness (QED) is 0.620. The van der Waals surface area contributed by atoms with Crippen LogP contribution in [-0.4, -0.2) is 43.0 Å². The first kappa shape index (κ1) is 19.4. The average molecular weight is 376 g/mol. The highest BCUT2D eigenvalue weighted by Crippen LogP contribution is 2.23. The number of amides is 1. The SMILES string of the molecule is CN(C)CCNc1ccnc(C(=O)Nc2ccc(Oc3ccccc3)cc2)c1. The number of likely N-dealkylation sites (N-methyl/N-ethyl adjacent to an activating group) is 1. The summed E-state index contributed by atoms with van der Waals surface area (Å²) < 4.78 is 5.76. The first-order chi connectivity index (χ1) is 13.6. The van der Waals surface area contributed by atoms with Gasteiger partial charge in [-0.05, 0) is 62.6 Å². The van der Waals surface area contributed by atoms with Gasteiger partial charge in [0.1, 0.15) is 17.2 Å². The Balaban J connectivity index is 1.58. The molecule has 0 aliphatic rings. The molecule has 2 aromatic carbocycles. The standard InChI is InChI=1S/C22H24N4O2/c1-26(2)15-14-23-18-12-13-24-21(16-18)22(27)25-17-8-10-20(11-9-17)28-19-6-4-3-5-7-19/h3-13,16H,14-15H2,1-2H3,(H,23,24)(H,25,27). The predicted molar refractivity (Wildman–Crippen MR) is 112 cm³/mol. The molecular formula is C22H24N4O2. The van der Waals surface area contributed by atoms with E-state index >= 15 is 0 Å². The fraction of sp³-hybridized carbons (Fsp3) is 0.182. The first-order valence-electron chi connectivity index (χ1n) is 9.09. The average Bonchev–Trinajstić information content (AvgIpc) is 2.70. The lowest BCUT2D eigenvalue weighted by Gasteiger charge is -2.12. The van der Waals surface area contributed by atoms with Crippen molar-refractivity contribution in [3.63, 3.8) is 0 Å². The second-order valence-electron chi connectivity index (χ2n) is 6.55. The van der Waals surface area contributed by atoms with Gasteiger partial charge in [0.05, 0.1) is 0 Å². The molecule has 28 heavy (non-hydrogen) atoms. The smallest absolute Gasteiger partial charge is 0.274 e. The Hall–Kier alpha value is -3.38. The van der Waals surface area contributed by atoms with Crippen molar-refractivity contribution in [3.05, 3.63) is 78.6 Å². The van der Waals surface area contributed by atoms with Gasteiger partial charge in [0.15, 0.2) is 0 Å². The van der Waals surface area contributed by atoms with Gasteiger partial charge in [0, 0.05) is 30.7 Å². The summed E-state index contributed by atoms with van der Waals surface area (Å²) in [4.78, 5) is 18.7. The summed E-state index contributed by atoms with van der Waals surface area (Å²) >= 11 is 0. The van der Waals surface area contributed by atoms with E-state index < -0.39 is 0 Å². The number of para-hydroxylation sites is 1. The Morgan fingerprint density at radius 1 is 0.964 bits per heavy atom. The normalized spacial score (nSPS) is 10.5. The molecule has 0 saturated carbocycles. The maximum atomic E-state index is 12.5. The molecule has 0 aliphatic carbocycles. The predicted octanol–water partition coefficient (Wildman–Crippen LogP) is 4.10. The molecule has 0 bridgehead atoms. The van der Waals surface area contributed by atoms with Crippen LogP contribution in [0.25, 0.3) is 0 Å². The number of carbonyl (C=O) groups excluding carboxylic acids is 1. The summed E-state index contributed by atoms with van der Waals surface area (Å²) in [6.07, 6.45) is 1.63. The molecule has 0 spiro atoms. The van der Waals surface area contributed by atoms with Crippen LogP contribution in [0.15, 0.2) is 72.9 Å². The molecule has 0 unspecified atom stereocenters. The van der Waals surface area contributed by atoms with Gasteiger partial charge < -0.3 is 20.3 Å². The molecule has 3 aromatic rings. The molecule has 2 N–H and O–H groups in total. The molecule has 1 aromatic heterocycles. The number of hydrogen-bond donors (Lipinski definition) is 2. The highest BCUT2D eigenvalue weighted by molar-refractivity contribution is 6.03. The van der Waals surface area contributed by atoms with Gasteiger partial charge in [-0.25, -0.2) is 0 Å². The number of anilines is 2. The second-order valence-corrected chi connectivity index (χ2v) is 6.55. The van der Waals surface area contributed by atoms with E-state index in [1.807, 2.05) is 62.6 Å². The monoisotopic (exact) mass is 376 g/mol.